The van der Waals surface area contributed by atoms with Crippen LogP contribution in [-0.2, 0) is 24.3 Å². The van der Waals surface area contributed by atoms with E-state index in [1.165, 1.54) is 10.4 Å². The van der Waals surface area contributed by atoms with Crippen molar-refractivity contribution in [1.82, 2.24) is 4.90 Å². The molecule has 0 saturated carbocycles. The molecular formula is C15H15NO2S. The molecule has 1 atom stereocenters. The fourth-order valence-electron chi connectivity index (χ4n) is 2.55. The van der Waals surface area contributed by atoms with Crippen LogP contribution in [0.3, 0.4) is 0 Å². The topological polar surface area (TPSA) is 40.5 Å². The molecule has 1 aliphatic heterocycles. The lowest BCUT2D eigenvalue weighted by atomic mass is 10.0. The predicted octanol–water partition coefficient (Wildman–Crippen LogP) is 2.76. The Hall–Kier alpha value is -1.65. The van der Waals surface area contributed by atoms with Gasteiger partial charge < -0.3 is 5.11 Å². The standard InChI is InChI=1S/C15H15NO2S/c17-15(18)13-8-14-12(6-7-19-14)10-16(13)9-11-4-2-1-3-5-11/h1-7,13H,8-10H2,(H,17,18). The predicted molar refractivity (Wildman–Crippen MR) is 75.1 cm³/mol. The lowest BCUT2D eigenvalue weighted by molar-refractivity contribution is -0.144. The molecule has 3 rings (SSSR count). The van der Waals surface area contributed by atoms with E-state index in [4.69, 9.17) is 0 Å². The van der Waals surface area contributed by atoms with Crippen LogP contribution < -0.4 is 0 Å². The van der Waals surface area contributed by atoms with Crippen molar-refractivity contribution in [3.8, 4) is 0 Å². The van der Waals surface area contributed by atoms with Gasteiger partial charge in [0.15, 0.2) is 0 Å². The second-order valence-electron chi connectivity index (χ2n) is 4.82. The molecule has 0 fully saturated rings. The van der Waals surface area contributed by atoms with Crippen molar-refractivity contribution in [3.63, 3.8) is 0 Å². The summed E-state index contributed by atoms with van der Waals surface area (Å²) >= 11 is 1.66. The molecule has 0 bridgehead atoms. The number of thiophene rings is 1. The molecule has 0 amide bonds. The highest BCUT2D eigenvalue weighted by Crippen LogP contribution is 2.28. The zero-order chi connectivity index (χ0) is 13.2. The van der Waals surface area contributed by atoms with E-state index in [1.54, 1.807) is 11.3 Å². The lowest BCUT2D eigenvalue weighted by Gasteiger charge is -2.32. The van der Waals surface area contributed by atoms with Crippen LogP contribution in [0.2, 0.25) is 0 Å². The Morgan fingerprint density at radius 3 is 2.84 bits per heavy atom. The molecule has 3 nitrogen and oxygen atoms in total. The van der Waals surface area contributed by atoms with Crippen molar-refractivity contribution in [3.05, 3.63) is 57.8 Å². The van der Waals surface area contributed by atoms with Crippen molar-refractivity contribution in [2.45, 2.75) is 25.6 Å². The average Bonchev–Trinajstić information content (AvgIpc) is 2.86. The highest BCUT2D eigenvalue weighted by atomic mass is 32.1. The zero-order valence-electron chi connectivity index (χ0n) is 10.5. The third kappa shape index (κ3) is 2.55. The molecule has 0 radical (unpaired) electrons. The van der Waals surface area contributed by atoms with Crippen LogP contribution in [-0.4, -0.2) is 22.0 Å². The smallest absolute Gasteiger partial charge is 0.321 e. The van der Waals surface area contributed by atoms with Crippen molar-refractivity contribution in [1.29, 1.82) is 0 Å². The molecule has 0 aliphatic carbocycles. The first-order valence-corrected chi connectivity index (χ1v) is 7.18. The molecule has 0 spiro atoms. The minimum atomic E-state index is -0.727. The zero-order valence-corrected chi connectivity index (χ0v) is 11.3. The summed E-state index contributed by atoms with van der Waals surface area (Å²) in [7, 11) is 0. The van der Waals surface area contributed by atoms with Crippen LogP contribution in [0, 0.1) is 0 Å². The number of hydrogen-bond acceptors (Lipinski definition) is 3. The molecule has 1 aliphatic rings. The minimum Gasteiger partial charge on any atom is -0.480 e. The first-order valence-electron chi connectivity index (χ1n) is 6.30. The molecule has 4 heteroatoms. The van der Waals surface area contributed by atoms with Gasteiger partial charge in [0.1, 0.15) is 6.04 Å². The molecule has 2 heterocycles. The van der Waals surface area contributed by atoms with Crippen molar-refractivity contribution < 1.29 is 9.90 Å². The minimum absolute atomic E-state index is 0.411. The first kappa shape index (κ1) is 12.4. The Balaban J connectivity index is 1.84. The van der Waals surface area contributed by atoms with Gasteiger partial charge in [-0.15, -0.1) is 11.3 Å². The molecule has 1 aromatic carbocycles. The number of fused-ring (bicyclic) bond motifs is 1. The highest BCUT2D eigenvalue weighted by Gasteiger charge is 2.31. The number of aliphatic carboxylic acids is 1. The second kappa shape index (κ2) is 5.15. The fourth-order valence-corrected chi connectivity index (χ4v) is 3.48. The van der Waals surface area contributed by atoms with Crippen molar-refractivity contribution in [2.24, 2.45) is 0 Å². The van der Waals surface area contributed by atoms with Gasteiger partial charge in [-0.3, -0.25) is 9.69 Å². The molecular weight excluding hydrogens is 258 g/mol. The van der Waals surface area contributed by atoms with E-state index in [2.05, 4.69) is 11.4 Å². The number of carboxylic acid groups (broad SMARTS) is 1. The number of rotatable bonds is 3. The Morgan fingerprint density at radius 1 is 1.32 bits per heavy atom. The van der Waals surface area contributed by atoms with Gasteiger partial charge in [0.05, 0.1) is 0 Å². The maximum atomic E-state index is 11.4. The largest absolute Gasteiger partial charge is 0.480 e. The van der Waals surface area contributed by atoms with Gasteiger partial charge in [-0.1, -0.05) is 30.3 Å². The van der Waals surface area contributed by atoms with Gasteiger partial charge >= 0.3 is 5.97 Å². The van der Waals surface area contributed by atoms with Crippen LogP contribution in [0.5, 0.6) is 0 Å². The fraction of sp³-hybridized carbons (Fsp3) is 0.267. The number of hydrogen-bond donors (Lipinski definition) is 1. The van der Waals surface area contributed by atoms with E-state index in [0.29, 0.717) is 13.0 Å². The van der Waals surface area contributed by atoms with E-state index in [0.717, 1.165) is 12.1 Å². The summed E-state index contributed by atoms with van der Waals surface area (Å²) in [5.41, 5.74) is 2.44. The number of benzene rings is 1. The third-order valence-corrected chi connectivity index (χ3v) is 4.53. The molecule has 1 N–H and O–H groups in total. The highest BCUT2D eigenvalue weighted by molar-refractivity contribution is 7.10. The van der Waals surface area contributed by atoms with Crippen molar-refractivity contribution >= 4 is 17.3 Å². The summed E-state index contributed by atoms with van der Waals surface area (Å²) in [5.74, 6) is -0.727. The molecule has 2 aromatic rings. The number of carbonyl (C=O) groups is 1. The third-order valence-electron chi connectivity index (χ3n) is 3.54. The van der Waals surface area contributed by atoms with E-state index in [9.17, 15) is 9.90 Å². The summed E-state index contributed by atoms with van der Waals surface area (Å²) in [5, 5.41) is 11.5. The first-order chi connectivity index (χ1) is 9.24. The van der Waals surface area contributed by atoms with Crippen molar-refractivity contribution in [2.75, 3.05) is 0 Å². The van der Waals surface area contributed by atoms with E-state index in [1.807, 2.05) is 35.2 Å². The lowest BCUT2D eigenvalue weighted by Crippen LogP contribution is -2.44. The summed E-state index contributed by atoms with van der Waals surface area (Å²) in [6.07, 6.45) is 0.620. The van der Waals surface area contributed by atoms with Gasteiger partial charge in [-0.05, 0) is 22.6 Å². The molecule has 1 aromatic heterocycles. The van der Waals surface area contributed by atoms with Gasteiger partial charge in [0, 0.05) is 24.4 Å². The Labute approximate surface area is 116 Å². The monoisotopic (exact) mass is 273 g/mol. The maximum absolute atomic E-state index is 11.4. The van der Waals surface area contributed by atoms with Gasteiger partial charge in [-0.2, -0.15) is 0 Å². The second-order valence-corrected chi connectivity index (χ2v) is 5.82. The summed E-state index contributed by atoms with van der Waals surface area (Å²) < 4.78 is 0. The Kier molecular flexibility index (Phi) is 3.36. The average molecular weight is 273 g/mol. The van der Waals surface area contributed by atoms with Crippen LogP contribution in [0.4, 0.5) is 0 Å². The molecule has 98 valence electrons. The SMILES string of the molecule is O=C(O)C1Cc2sccc2CN1Cc1ccccc1. The maximum Gasteiger partial charge on any atom is 0.321 e. The van der Waals surface area contributed by atoms with Crippen LogP contribution in [0.1, 0.15) is 16.0 Å². The van der Waals surface area contributed by atoms with Gasteiger partial charge in [0.2, 0.25) is 0 Å². The van der Waals surface area contributed by atoms with E-state index in [-0.39, 0.29) is 0 Å². The van der Waals surface area contributed by atoms with Crippen LogP contribution >= 0.6 is 11.3 Å². The molecule has 0 saturated heterocycles. The number of carboxylic acids is 1. The number of nitrogens with zero attached hydrogens (tertiary/aromatic N) is 1. The van der Waals surface area contributed by atoms with Gasteiger partial charge in [0.25, 0.3) is 0 Å². The summed E-state index contributed by atoms with van der Waals surface area (Å²) in [6, 6.07) is 11.7. The van der Waals surface area contributed by atoms with Gasteiger partial charge in [-0.25, -0.2) is 0 Å². The normalized spacial score (nSPS) is 19.1. The Bertz CT molecular complexity index is 579. The Morgan fingerprint density at radius 2 is 2.11 bits per heavy atom. The van der Waals surface area contributed by atoms with E-state index < -0.39 is 12.0 Å². The molecule has 1 unspecified atom stereocenters. The van der Waals surface area contributed by atoms with Crippen LogP contribution in [0.15, 0.2) is 41.8 Å². The summed E-state index contributed by atoms with van der Waals surface area (Å²) in [4.78, 5) is 14.7. The summed E-state index contributed by atoms with van der Waals surface area (Å²) in [6.45, 7) is 1.41. The van der Waals surface area contributed by atoms with Crippen LogP contribution in [0.25, 0.3) is 0 Å². The van der Waals surface area contributed by atoms with E-state index >= 15 is 0 Å². The molecule has 19 heavy (non-hydrogen) atoms. The quantitative estimate of drug-likeness (QED) is 0.935.